The SMILES string of the molecule is CC(C)[C@H](NC(=O)c1cccs1)C(=O)OCC(=O)NC(=O)c1ccccc1. The first-order valence-corrected chi connectivity index (χ1v) is 9.16. The Morgan fingerprint density at radius 2 is 1.70 bits per heavy atom. The Bertz CT molecular complexity index is 803. The summed E-state index contributed by atoms with van der Waals surface area (Å²) in [7, 11) is 0. The van der Waals surface area contributed by atoms with Gasteiger partial charge in [-0.1, -0.05) is 38.1 Å². The Labute approximate surface area is 160 Å². The van der Waals surface area contributed by atoms with E-state index in [-0.39, 0.29) is 11.8 Å². The first-order chi connectivity index (χ1) is 12.9. The average molecular weight is 388 g/mol. The van der Waals surface area contributed by atoms with Crippen LogP contribution in [0.15, 0.2) is 47.8 Å². The summed E-state index contributed by atoms with van der Waals surface area (Å²) in [6.07, 6.45) is 0. The van der Waals surface area contributed by atoms with Gasteiger partial charge in [0.15, 0.2) is 6.61 Å². The number of amides is 3. The van der Waals surface area contributed by atoms with Crippen LogP contribution >= 0.6 is 11.3 Å². The van der Waals surface area contributed by atoms with Crippen LogP contribution in [0.25, 0.3) is 0 Å². The molecule has 0 aliphatic carbocycles. The lowest BCUT2D eigenvalue weighted by atomic mass is 10.0. The van der Waals surface area contributed by atoms with Crippen LogP contribution in [0.3, 0.4) is 0 Å². The smallest absolute Gasteiger partial charge is 0.329 e. The van der Waals surface area contributed by atoms with Crippen LogP contribution in [0, 0.1) is 5.92 Å². The molecule has 0 aliphatic rings. The number of carbonyl (C=O) groups is 4. The highest BCUT2D eigenvalue weighted by Gasteiger charge is 2.27. The first kappa shape index (κ1) is 20.3. The van der Waals surface area contributed by atoms with Gasteiger partial charge in [-0.15, -0.1) is 11.3 Å². The lowest BCUT2D eigenvalue weighted by Gasteiger charge is -2.20. The molecular formula is C19H20N2O5S. The summed E-state index contributed by atoms with van der Waals surface area (Å²) in [5.41, 5.74) is 0.320. The number of carbonyl (C=O) groups excluding carboxylic acids is 4. The van der Waals surface area contributed by atoms with Crippen LogP contribution in [-0.4, -0.2) is 36.3 Å². The standard InChI is InChI=1S/C19H20N2O5S/c1-12(2)16(21-18(24)14-9-6-10-27-14)19(25)26-11-15(22)20-17(23)13-7-4-3-5-8-13/h3-10,12,16H,11H2,1-2H3,(H,21,24)(H,20,22,23)/t16-/m0/s1. The summed E-state index contributed by atoms with van der Waals surface area (Å²) in [5, 5.41) is 6.51. The summed E-state index contributed by atoms with van der Waals surface area (Å²) in [5.74, 6) is -2.69. The second-order valence-electron chi connectivity index (χ2n) is 6.02. The van der Waals surface area contributed by atoms with Gasteiger partial charge in [-0.25, -0.2) is 4.79 Å². The van der Waals surface area contributed by atoms with Gasteiger partial charge in [-0.05, 0) is 29.5 Å². The number of esters is 1. The molecule has 0 spiro atoms. The van der Waals surface area contributed by atoms with Crippen molar-refractivity contribution in [3.8, 4) is 0 Å². The zero-order valence-electron chi connectivity index (χ0n) is 14.9. The number of imide groups is 1. The average Bonchev–Trinajstić information content (AvgIpc) is 3.19. The summed E-state index contributed by atoms with van der Waals surface area (Å²) in [6, 6.07) is 10.7. The van der Waals surface area contributed by atoms with Crippen LogP contribution in [0.4, 0.5) is 0 Å². The Morgan fingerprint density at radius 3 is 2.30 bits per heavy atom. The molecule has 1 aromatic heterocycles. The Hall–Kier alpha value is -3.00. The lowest BCUT2D eigenvalue weighted by molar-refractivity contribution is -0.151. The predicted octanol–water partition coefficient (Wildman–Crippen LogP) is 2.00. The maximum atomic E-state index is 12.3. The monoisotopic (exact) mass is 388 g/mol. The molecule has 0 fully saturated rings. The van der Waals surface area contributed by atoms with E-state index in [4.69, 9.17) is 4.74 Å². The van der Waals surface area contributed by atoms with Crippen molar-refractivity contribution < 1.29 is 23.9 Å². The highest BCUT2D eigenvalue weighted by Crippen LogP contribution is 2.11. The van der Waals surface area contributed by atoms with E-state index in [2.05, 4.69) is 10.6 Å². The molecule has 2 rings (SSSR count). The molecular weight excluding hydrogens is 368 g/mol. The summed E-state index contributed by atoms with van der Waals surface area (Å²) in [4.78, 5) is 48.6. The van der Waals surface area contributed by atoms with Crippen molar-refractivity contribution in [1.29, 1.82) is 0 Å². The molecule has 0 radical (unpaired) electrons. The minimum atomic E-state index is -0.905. The molecule has 0 saturated heterocycles. The third-order valence-electron chi connectivity index (χ3n) is 3.59. The van der Waals surface area contributed by atoms with E-state index in [1.807, 2.05) is 0 Å². The largest absolute Gasteiger partial charge is 0.454 e. The van der Waals surface area contributed by atoms with Crippen LogP contribution in [0.2, 0.25) is 0 Å². The normalized spacial score (nSPS) is 11.5. The van der Waals surface area contributed by atoms with Crippen LogP contribution < -0.4 is 10.6 Å². The number of thiophene rings is 1. The fraction of sp³-hybridized carbons (Fsp3) is 0.263. The fourth-order valence-corrected chi connectivity index (χ4v) is 2.80. The molecule has 0 bridgehead atoms. The number of ether oxygens (including phenoxy) is 1. The van der Waals surface area contributed by atoms with E-state index >= 15 is 0 Å². The first-order valence-electron chi connectivity index (χ1n) is 8.28. The molecule has 2 aromatic rings. The van der Waals surface area contributed by atoms with Crippen molar-refractivity contribution in [3.63, 3.8) is 0 Å². The number of rotatable bonds is 7. The van der Waals surface area contributed by atoms with Crippen molar-refractivity contribution in [2.75, 3.05) is 6.61 Å². The zero-order chi connectivity index (χ0) is 19.8. The number of hydrogen-bond donors (Lipinski definition) is 2. The number of nitrogens with one attached hydrogen (secondary N) is 2. The van der Waals surface area contributed by atoms with Crippen molar-refractivity contribution in [2.45, 2.75) is 19.9 Å². The van der Waals surface area contributed by atoms with Crippen molar-refractivity contribution in [1.82, 2.24) is 10.6 Å². The van der Waals surface area contributed by atoms with Gasteiger partial charge in [0.1, 0.15) is 6.04 Å². The number of benzene rings is 1. The Balaban J connectivity index is 1.87. The fourth-order valence-electron chi connectivity index (χ4n) is 2.17. The number of hydrogen-bond acceptors (Lipinski definition) is 6. The van der Waals surface area contributed by atoms with E-state index in [0.29, 0.717) is 10.4 Å². The minimum Gasteiger partial charge on any atom is -0.454 e. The molecule has 1 atom stereocenters. The molecule has 27 heavy (non-hydrogen) atoms. The van der Waals surface area contributed by atoms with Gasteiger partial charge in [0.05, 0.1) is 4.88 Å². The topological polar surface area (TPSA) is 102 Å². The summed E-state index contributed by atoms with van der Waals surface area (Å²) >= 11 is 1.25. The van der Waals surface area contributed by atoms with Crippen LogP contribution in [-0.2, 0) is 14.3 Å². The van der Waals surface area contributed by atoms with Gasteiger partial charge >= 0.3 is 5.97 Å². The molecule has 142 valence electrons. The van der Waals surface area contributed by atoms with Crippen molar-refractivity contribution in [3.05, 3.63) is 58.3 Å². The Morgan fingerprint density at radius 1 is 1.00 bits per heavy atom. The maximum absolute atomic E-state index is 12.3. The second kappa shape index (κ2) is 9.63. The van der Waals surface area contributed by atoms with Gasteiger partial charge in [-0.2, -0.15) is 0 Å². The molecule has 0 unspecified atom stereocenters. The molecule has 3 amide bonds. The molecule has 1 aromatic carbocycles. The molecule has 7 nitrogen and oxygen atoms in total. The minimum absolute atomic E-state index is 0.240. The summed E-state index contributed by atoms with van der Waals surface area (Å²) in [6.45, 7) is 2.88. The second-order valence-corrected chi connectivity index (χ2v) is 6.97. The third kappa shape index (κ3) is 6.03. The van der Waals surface area contributed by atoms with Gasteiger partial charge in [0, 0.05) is 5.56 Å². The van der Waals surface area contributed by atoms with E-state index in [9.17, 15) is 19.2 Å². The maximum Gasteiger partial charge on any atom is 0.329 e. The highest BCUT2D eigenvalue weighted by atomic mass is 32.1. The van der Waals surface area contributed by atoms with Crippen LogP contribution in [0.1, 0.15) is 33.9 Å². The zero-order valence-corrected chi connectivity index (χ0v) is 15.7. The van der Waals surface area contributed by atoms with Crippen molar-refractivity contribution >= 4 is 35.0 Å². The molecule has 8 heteroatoms. The van der Waals surface area contributed by atoms with E-state index in [0.717, 1.165) is 0 Å². The highest BCUT2D eigenvalue weighted by molar-refractivity contribution is 7.12. The molecule has 0 aliphatic heterocycles. The molecule has 1 heterocycles. The van der Waals surface area contributed by atoms with Gasteiger partial charge in [0.25, 0.3) is 17.7 Å². The lowest BCUT2D eigenvalue weighted by Crippen LogP contribution is -2.46. The predicted molar refractivity (Wildman–Crippen MR) is 100 cm³/mol. The quantitative estimate of drug-likeness (QED) is 0.707. The van der Waals surface area contributed by atoms with Gasteiger partial charge in [-0.3, -0.25) is 19.7 Å². The molecule has 2 N–H and O–H groups in total. The molecule has 0 saturated carbocycles. The van der Waals surface area contributed by atoms with Gasteiger partial charge < -0.3 is 10.1 Å². The van der Waals surface area contributed by atoms with Gasteiger partial charge in [0.2, 0.25) is 0 Å². The Kier molecular flexibility index (Phi) is 7.25. The van der Waals surface area contributed by atoms with E-state index < -0.39 is 30.4 Å². The van der Waals surface area contributed by atoms with Crippen LogP contribution in [0.5, 0.6) is 0 Å². The van der Waals surface area contributed by atoms with E-state index in [1.165, 1.54) is 11.3 Å². The van der Waals surface area contributed by atoms with E-state index in [1.54, 1.807) is 61.7 Å². The summed E-state index contributed by atoms with van der Waals surface area (Å²) < 4.78 is 4.97. The third-order valence-corrected chi connectivity index (χ3v) is 4.46. The van der Waals surface area contributed by atoms with Crippen molar-refractivity contribution in [2.24, 2.45) is 5.92 Å².